The Hall–Kier alpha value is -3.09. The Morgan fingerprint density at radius 1 is 1.03 bits per heavy atom. The normalized spacial score (nSPS) is 10.9. The maximum Gasteiger partial charge on any atom is 0.266 e. The van der Waals surface area contributed by atoms with Crippen LogP contribution in [-0.2, 0) is 4.79 Å². The molecule has 1 aromatic heterocycles. The number of halogens is 1. The summed E-state index contributed by atoms with van der Waals surface area (Å²) in [7, 11) is 0. The summed E-state index contributed by atoms with van der Waals surface area (Å²) in [4.78, 5) is 30.6. The van der Waals surface area contributed by atoms with Crippen LogP contribution < -0.4 is 10.9 Å². The lowest BCUT2D eigenvalue weighted by molar-refractivity contribution is -0.113. The number of fused-ring (bicyclic) bond motifs is 1. The smallest absolute Gasteiger partial charge is 0.266 e. The van der Waals surface area contributed by atoms with Crippen LogP contribution in [-0.4, -0.2) is 21.2 Å². The number of carbonyl (C=O) groups excluding carboxylic acids is 1. The van der Waals surface area contributed by atoms with Crippen LogP contribution in [0.3, 0.4) is 0 Å². The Bertz CT molecular complexity index is 1330. The van der Waals surface area contributed by atoms with E-state index in [0.29, 0.717) is 26.8 Å². The zero-order valence-corrected chi connectivity index (χ0v) is 18.6. The van der Waals surface area contributed by atoms with Gasteiger partial charge in [-0.15, -0.1) is 0 Å². The summed E-state index contributed by atoms with van der Waals surface area (Å²) < 4.78 is 1.58. The first-order valence-electron chi connectivity index (χ1n) is 9.70. The summed E-state index contributed by atoms with van der Waals surface area (Å²) in [6.45, 7) is 3.97. The molecule has 0 aliphatic heterocycles. The van der Waals surface area contributed by atoms with E-state index < -0.39 is 0 Å². The predicted octanol–water partition coefficient (Wildman–Crippen LogP) is 5.39. The van der Waals surface area contributed by atoms with Crippen LogP contribution in [0.15, 0.2) is 76.7 Å². The summed E-state index contributed by atoms with van der Waals surface area (Å²) >= 11 is 7.34. The average molecular weight is 450 g/mol. The van der Waals surface area contributed by atoms with Gasteiger partial charge in [-0.1, -0.05) is 53.7 Å². The maximum atomic E-state index is 13.3. The van der Waals surface area contributed by atoms with Crippen LogP contribution in [0.2, 0.25) is 5.02 Å². The van der Waals surface area contributed by atoms with Gasteiger partial charge in [-0.3, -0.25) is 14.2 Å². The molecule has 5 nitrogen and oxygen atoms in total. The number of thioether (sulfide) groups is 1. The predicted molar refractivity (Wildman–Crippen MR) is 128 cm³/mol. The summed E-state index contributed by atoms with van der Waals surface area (Å²) in [6.07, 6.45) is 0. The van der Waals surface area contributed by atoms with E-state index in [1.54, 1.807) is 41.0 Å². The van der Waals surface area contributed by atoms with Crippen molar-refractivity contribution >= 4 is 45.9 Å². The van der Waals surface area contributed by atoms with Crippen LogP contribution in [0.25, 0.3) is 16.6 Å². The Labute approximate surface area is 189 Å². The second kappa shape index (κ2) is 8.96. The van der Waals surface area contributed by atoms with Gasteiger partial charge in [0.25, 0.3) is 5.56 Å². The van der Waals surface area contributed by atoms with Crippen molar-refractivity contribution in [2.45, 2.75) is 19.0 Å². The molecule has 31 heavy (non-hydrogen) atoms. The van der Waals surface area contributed by atoms with E-state index in [2.05, 4.69) is 10.3 Å². The number of aromatic nitrogens is 2. The van der Waals surface area contributed by atoms with Gasteiger partial charge in [0, 0.05) is 0 Å². The number of hydrogen-bond acceptors (Lipinski definition) is 4. The number of nitrogens with one attached hydrogen (secondary N) is 1. The number of anilines is 1. The second-order valence-corrected chi connectivity index (χ2v) is 8.56. The number of carbonyl (C=O) groups is 1. The third kappa shape index (κ3) is 4.65. The molecule has 3 aromatic carbocycles. The summed E-state index contributed by atoms with van der Waals surface area (Å²) in [5.74, 6) is -0.145. The number of hydrogen-bond donors (Lipinski definition) is 1. The first kappa shape index (κ1) is 21.2. The van der Waals surface area contributed by atoms with Gasteiger partial charge in [0.2, 0.25) is 5.91 Å². The minimum atomic E-state index is -0.229. The van der Waals surface area contributed by atoms with Gasteiger partial charge in [-0.05, 0) is 61.4 Å². The van der Waals surface area contributed by atoms with Gasteiger partial charge >= 0.3 is 0 Å². The number of aryl methyl sites for hydroxylation is 2. The first-order valence-corrected chi connectivity index (χ1v) is 11.1. The number of para-hydroxylation sites is 2. The fraction of sp³-hybridized carbons (Fsp3) is 0.125. The standard InChI is InChI=1S/C24H20ClN3O2S/c1-15-11-16(2)13-17(12-15)28-23(30)18-7-3-5-9-20(18)27-24(28)31-14-22(29)26-21-10-6-4-8-19(21)25/h3-13H,14H2,1-2H3,(H,26,29). The van der Waals surface area contributed by atoms with Gasteiger partial charge in [0.05, 0.1) is 33.1 Å². The Balaban J connectivity index is 1.71. The van der Waals surface area contributed by atoms with Crippen molar-refractivity contribution in [1.29, 1.82) is 0 Å². The van der Waals surface area contributed by atoms with E-state index in [0.717, 1.165) is 16.8 Å². The average Bonchev–Trinajstić information content (AvgIpc) is 2.73. The molecule has 4 aromatic rings. The minimum Gasteiger partial charge on any atom is -0.324 e. The Morgan fingerprint density at radius 3 is 2.45 bits per heavy atom. The highest BCUT2D eigenvalue weighted by atomic mass is 35.5. The fourth-order valence-electron chi connectivity index (χ4n) is 3.40. The van der Waals surface area contributed by atoms with E-state index in [9.17, 15) is 9.59 Å². The summed E-state index contributed by atoms with van der Waals surface area (Å²) in [5, 5.41) is 4.27. The lowest BCUT2D eigenvalue weighted by Crippen LogP contribution is -2.23. The Kier molecular flexibility index (Phi) is 6.11. The van der Waals surface area contributed by atoms with Crippen molar-refractivity contribution in [2.75, 3.05) is 11.1 Å². The van der Waals surface area contributed by atoms with Crippen LogP contribution in [0.1, 0.15) is 11.1 Å². The Morgan fingerprint density at radius 2 is 1.71 bits per heavy atom. The molecule has 1 N–H and O–H groups in total. The monoisotopic (exact) mass is 449 g/mol. The molecule has 1 amide bonds. The van der Waals surface area contributed by atoms with E-state index in [-0.39, 0.29) is 17.2 Å². The van der Waals surface area contributed by atoms with Crippen molar-refractivity contribution in [3.63, 3.8) is 0 Å². The lowest BCUT2D eigenvalue weighted by Gasteiger charge is -2.14. The zero-order chi connectivity index (χ0) is 22.0. The van der Waals surface area contributed by atoms with E-state index in [4.69, 9.17) is 11.6 Å². The van der Waals surface area contributed by atoms with Crippen LogP contribution in [0.5, 0.6) is 0 Å². The molecule has 0 bridgehead atoms. The van der Waals surface area contributed by atoms with Crippen molar-refractivity contribution in [1.82, 2.24) is 9.55 Å². The number of rotatable bonds is 5. The third-order valence-electron chi connectivity index (χ3n) is 4.69. The third-order valence-corrected chi connectivity index (χ3v) is 5.96. The molecule has 7 heteroatoms. The van der Waals surface area contributed by atoms with Crippen molar-refractivity contribution < 1.29 is 4.79 Å². The molecule has 0 radical (unpaired) electrons. The molecule has 0 saturated carbocycles. The van der Waals surface area contributed by atoms with Gasteiger partial charge in [-0.25, -0.2) is 4.98 Å². The quantitative estimate of drug-likeness (QED) is 0.328. The number of amides is 1. The van der Waals surface area contributed by atoms with Crippen LogP contribution in [0, 0.1) is 13.8 Å². The van der Waals surface area contributed by atoms with Crippen molar-refractivity contribution in [3.05, 3.63) is 93.2 Å². The largest absolute Gasteiger partial charge is 0.324 e. The summed E-state index contributed by atoms with van der Waals surface area (Å²) in [5.41, 5.74) is 3.80. The van der Waals surface area contributed by atoms with Gasteiger partial charge in [0.15, 0.2) is 5.16 Å². The molecule has 0 saturated heterocycles. The molecule has 0 aliphatic carbocycles. The molecular formula is C24H20ClN3O2S. The lowest BCUT2D eigenvalue weighted by atomic mass is 10.1. The van der Waals surface area contributed by atoms with E-state index >= 15 is 0 Å². The highest BCUT2D eigenvalue weighted by molar-refractivity contribution is 7.99. The van der Waals surface area contributed by atoms with Crippen molar-refractivity contribution in [3.8, 4) is 5.69 Å². The maximum absolute atomic E-state index is 13.3. The molecule has 4 rings (SSSR count). The number of benzene rings is 3. The van der Waals surface area contributed by atoms with Crippen LogP contribution in [0.4, 0.5) is 5.69 Å². The van der Waals surface area contributed by atoms with Gasteiger partial charge < -0.3 is 5.32 Å². The van der Waals surface area contributed by atoms with Gasteiger partial charge in [0.1, 0.15) is 0 Å². The van der Waals surface area contributed by atoms with Gasteiger partial charge in [-0.2, -0.15) is 0 Å². The molecule has 0 aliphatic rings. The zero-order valence-electron chi connectivity index (χ0n) is 17.1. The van der Waals surface area contributed by atoms with E-state index in [1.807, 2.05) is 44.2 Å². The molecule has 0 atom stereocenters. The fourth-order valence-corrected chi connectivity index (χ4v) is 4.39. The van der Waals surface area contributed by atoms with E-state index in [1.165, 1.54) is 11.8 Å². The highest BCUT2D eigenvalue weighted by Crippen LogP contribution is 2.24. The first-order chi connectivity index (χ1) is 14.9. The molecular weight excluding hydrogens is 430 g/mol. The molecule has 0 unspecified atom stereocenters. The molecule has 156 valence electrons. The summed E-state index contributed by atoms with van der Waals surface area (Å²) in [6, 6.07) is 20.2. The second-order valence-electron chi connectivity index (χ2n) is 7.21. The molecule has 0 spiro atoms. The van der Waals surface area contributed by atoms with Crippen molar-refractivity contribution in [2.24, 2.45) is 0 Å². The van der Waals surface area contributed by atoms with Crippen LogP contribution >= 0.6 is 23.4 Å². The molecule has 1 heterocycles. The SMILES string of the molecule is Cc1cc(C)cc(-n2c(SCC(=O)Nc3ccccc3Cl)nc3ccccc3c2=O)c1. The topological polar surface area (TPSA) is 64.0 Å². The minimum absolute atomic E-state index is 0.0841. The highest BCUT2D eigenvalue weighted by Gasteiger charge is 2.16. The molecule has 0 fully saturated rings. The number of nitrogens with zero attached hydrogens (tertiary/aromatic N) is 2.